The molecule has 0 saturated heterocycles. The van der Waals surface area contributed by atoms with Gasteiger partial charge in [-0.3, -0.25) is 4.79 Å². The van der Waals surface area contributed by atoms with Crippen molar-refractivity contribution in [3.63, 3.8) is 0 Å². The number of aryl methyl sites for hydroxylation is 1. The van der Waals surface area contributed by atoms with Crippen molar-refractivity contribution >= 4 is 5.91 Å². The van der Waals surface area contributed by atoms with Crippen LogP contribution in [0.25, 0.3) is 0 Å². The zero-order chi connectivity index (χ0) is 13.5. The standard InChI is InChI=1S/C16H19NO2/c1-13(11-15-9-10-19-12-15)17-16(18)8-7-14-5-3-2-4-6-14/h2-6,9-10,12-13H,7-8,11H2,1H3,(H,17,18)/t13-/m1/s1. The van der Waals surface area contributed by atoms with Gasteiger partial charge in [-0.15, -0.1) is 0 Å². The van der Waals surface area contributed by atoms with Crippen molar-refractivity contribution < 1.29 is 9.21 Å². The molecule has 1 aromatic heterocycles. The van der Waals surface area contributed by atoms with Gasteiger partial charge in [0.15, 0.2) is 0 Å². The first kappa shape index (κ1) is 13.4. The van der Waals surface area contributed by atoms with Crippen molar-refractivity contribution in [2.45, 2.75) is 32.2 Å². The molecule has 2 rings (SSSR count). The highest BCUT2D eigenvalue weighted by molar-refractivity contribution is 5.76. The number of hydrogen-bond donors (Lipinski definition) is 1. The van der Waals surface area contributed by atoms with Crippen molar-refractivity contribution in [1.82, 2.24) is 5.32 Å². The Hall–Kier alpha value is -2.03. The van der Waals surface area contributed by atoms with Crippen LogP contribution in [0.2, 0.25) is 0 Å². The molecule has 0 aliphatic carbocycles. The zero-order valence-corrected chi connectivity index (χ0v) is 11.1. The summed E-state index contributed by atoms with van der Waals surface area (Å²) in [5, 5.41) is 3.01. The fourth-order valence-electron chi connectivity index (χ4n) is 2.06. The molecule has 0 radical (unpaired) electrons. The largest absolute Gasteiger partial charge is 0.472 e. The second-order valence-electron chi connectivity index (χ2n) is 4.79. The van der Waals surface area contributed by atoms with E-state index in [-0.39, 0.29) is 11.9 Å². The molecule has 0 aliphatic rings. The highest BCUT2D eigenvalue weighted by atomic mass is 16.3. The van der Waals surface area contributed by atoms with Gasteiger partial charge in [0, 0.05) is 12.5 Å². The summed E-state index contributed by atoms with van der Waals surface area (Å²) < 4.78 is 5.01. The maximum atomic E-state index is 11.8. The smallest absolute Gasteiger partial charge is 0.220 e. The molecule has 1 heterocycles. The summed E-state index contributed by atoms with van der Waals surface area (Å²) in [4.78, 5) is 11.8. The monoisotopic (exact) mass is 257 g/mol. The fraction of sp³-hybridized carbons (Fsp3) is 0.312. The number of rotatable bonds is 6. The van der Waals surface area contributed by atoms with Gasteiger partial charge in [0.2, 0.25) is 5.91 Å². The fourth-order valence-corrected chi connectivity index (χ4v) is 2.06. The second-order valence-corrected chi connectivity index (χ2v) is 4.79. The Kier molecular flexibility index (Phi) is 4.78. The van der Waals surface area contributed by atoms with E-state index in [2.05, 4.69) is 5.32 Å². The number of hydrogen-bond acceptors (Lipinski definition) is 2. The molecule has 1 amide bonds. The van der Waals surface area contributed by atoms with Crippen molar-refractivity contribution in [2.75, 3.05) is 0 Å². The summed E-state index contributed by atoms with van der Waals surface area (Å²) in [6, 6.07) is 12.1. The van der Waals surface area contributed by atoms with Gasteiger partial charge >= 0.3 is 0 Å². The Balaban J connectivity index is 1.72. The maximum absolute atomic E-state index is 11.8. The highest BCUT2D eigenvalue weighted by Crippen LogP contribution is 2.05. The third-order valence-electron chi connectivity index (χ3n) is 3.01. The van der Waals surface area contributed by atoms with Crippen molar-refractivity contribution in [1.29, 1.82) is 0 Å². The lowest BCUT2D eigenvalue weighted by Crippen LogP contribution is -2.34. The van der Waals surface area contributed by atoms with Crippen molar-refractivity contribution in [3.8, 4) is 0 Å². The van der Waals surface area contributed by atoms with Crippen LogP contribution >= 0.6 is 0 Å². The van der Waals surface area contributed by atoms with Crippen LogP contribution in [0.3, 0.4) is 0 Å². The minimum atomic E-state index is 0.0971. The van der Waals surface area contributed by atoms with Crippen LogP contribution < -0.4 is 5.32 Å². The molecule has 3 heteroatoms. The number of benzene rings is 1. The molecule has 19 heavy (non-hydrogen) atoms. The van der Waals surface area contributed by atoms with Crippen LogP contribution in [-0.2, 0) is 17.6 Å². The van der Waals surface area contributed by atoms with Gasteiger partial charge in [0.25, 0.3) is 0 Å². The van der Waals surface area contributed by atoms with E-state index >= 15 is 0 Å². The summed E-state index contributed by atoms with van der Waals surface area (Å²) in [6.45, 7) is 2.01. The minimum Gasteiger partial charge on any atom is -0.472 e. The lowest BCUT2D eigenvalue weighted by molar-refractivity contribution is -0.121. The van der Waals surface area contributed by atoms with E-state index in [1.54, 1.807) is 12.5 Å². The summed E-state index contributed by atoms with van der Waals surface area (Å²) in [6.07, 6.45) is 5.48. The molecule has 0 saturated carbocycles. The first-order valence-corrected chi connectivity index (χ1v) is 6.58. The average molecular weight is 257 g/mol. The Bertz CT molecular complexity index is 491. The number of carbonyl (C=O) groups is 1. The van der Waals surface area contributed by atoms with Crippen LogP contribution in [-0.4, -0.2) is 11.9 Å². The third-order valence-corrected chi connectivity index (χ3v) is 3.01. The normalized spacial score (nSPS) is 12.1. The molecular formula is C16H19NO2. The van der Waals surface area contributed by atoms with E-state index in [0.29, 0.717) is 6.42 Å². The van der Waals surface area contributed by atoms with E-state index in [1.807, 2.05) is 43.3 Å². The molecule has 0 unspecified atom stereocenters. The quantitative estimate of drug-likeness (QED) is 0.864. The molecule has 3 nitrogen and oxygen atoms in total. The Labute approximate surface area is 113 Å². The average Bonchev–Trinajstić information content (AvgIpc) is 2.90. The molecule has 0 bridgehead atoms. The van der Waals surface area contributed by atoms with Crippen LogP contribution in [0.1, 0.15) is 24.5 Å². The summed E-state index contributed by atoms with van der Waals surface area (Å²) in [5.41, 5.74) is 2.30. The Morgan fingerprint density at radius 2 is 2.00 bits per heavy atom. The van der Waals surface area contributed by atoms with Gasteiger partial charge in [-0.05, 0) is 37.0 Å². The first-order chi connectivity index (χ1) is 9.24. The van der Waals surface area contributed by atoms with E-state index in [0.717, 1.165) is 18.4 Å². The van der Waals surface area contributed by atoms with Gasteiger partial charge in [0.05, 0.1) is 12.5 Å². The van der Waals surface area contributed by atoms with Crippen LogP contribution in [0, 0.1) is 0 Å². The second kappa shape index (κ2) is 6.78. The summed E-state index contributed by atoms with van der Waals surface area (Å²) in [5.74, 6) is 0.0971. The maximum Gasteiger partial charge on any atom is 0.220 e. The van der Waals surface area contributed by atoms with E-state index in [4.69, 9.17) is 4.42 Å². The van der Waals surface area contributed by atoms with E-state index in [1.165, 1.54) is 5.56 Å². The topological polar surface area (TPSA) is 42.2 Å². The van der Waals surface area contributed by atoms with Gasteiger partial charge in [-0.2, -0.15) is 0 Å². The number of nitrogens with one attached hydrogen (secondary N) is 1. The van der Waals surface area contributed by atoms with Gasteiger partial charge in [-0.25, -0.2) is 0 Å². The number of furan rings is 1. The third kappa shape index (κ3) is 4.62. The van der Waals surface area contributed by atoms with Crippen LogP contribution in [0.15, 0.2) is 53.3 Å². The SMILES string of the molecule is C[C@H](Cc1ccoc1)NC(=O)CCc1ccccc1. The molecule has 0 aliphatic heterocycles. The lowest BCUT2D eigenvalue weighted by Gasteiger charge is -2.12. The van der Waals surface area contributed by atoms with E-state index < -0.39 is 0 Å². The molecule has 1 N–H and O–H groups in total. The molecule has 0 spiro atoms. The predicted octanol–water partition coefficient (Wildman–Crippen LogP) is 2.96. The van der Waals surface area contributed by atoms with Crippen LogP contribution in [0.5, 0.6) is 0 Å². The Morgan fingerprint density at radius 3 is 2.68 bits per heavy atom. The number of carbonyl (C=O) groups excluding carboxylic acids is 1. The predicted molar refractivity (Wildman–Crippen MR) is 74.8 cm³/mol. The van der Waals surface area contributed by atoms with Gasteiger partial charge in [0.1, 0.15) is 0 Å². The van der Waals surface area contributed by atoms with Crippen molar-refractivity contribution in [2.24, 2.45) is 0 Å². The molecule has 1 atom stereocenters. The molecule has 100 valence electrons. The Morgan fingerprint density at radius 1 is 1.21 bits per heavy atom. The van der Waals surface area contributed by atoms with Crippen LogP contribution in [0.4, 0.5) is 0 Å². The summed E-state index contributed by atoms with van der Waals surface area (Å²) in [7, 11) is 0. The highest BCUT2D eigenvalue weighted by Gasteiger charge is 2.08. The molecule has 2 aromatic rings. The molecule has 1 aromatic carbocycles. The zero-order valence-electron chi connectivity index (χ0n) is 11.1. The van der Waals surface area contributed by atoms with Gasteiger partial charge in [-0.1, -0.05) is 30.3 Å². The van der Waals surface area contributed by atoms with Gasteiger partial charge < -0.3 is 9.73 Å². The molecular weight excluding hydrogens is 238 g/mol. The van der Waals surface area contributed by atoms with Crippen molar-refractivity contribution in [3.05, 3.63) is 60.1 Å². The first-order valence-electron chi connectivity index (χ1n) is 6.58. The molecule has 0 fully saturated rings. The lowest BCUT2D eigenvalue weighted by atomic mass is 10.1. The van der Waals surface area contributed by atoms with E-state index in [9.17, 15) is 4.79 Å². The summed E-state index contributed by atoms with van der Waals surface area (Å²) >= 11 is 0. The number of amides is 1. The minimum absolute atomic E-state index is 0.0971.